The predicted molar refractivity (Wildman–Crippen MR) is 98.4 cm³/mol. The molecule has 0 aliphatic rings. The number of nitrogens with one attached hydrogen (secondary N) is 2. The third-order valence-electron chi connectivity index (χ3n) is 3.85. The van der Waals surface area contributed by atoms with Gasteiger partial charge in [-0.3, -0.25) is 4.79 Å². The average Bonchev–Trinajstić information content (AvgIpc) is 2.58. The molecule has 124 valence electrons. The third-order valence-corrected chi connectivity index (χ3v) is 3.85. The second kappa shape index (κ2) is 10.0. The van der Waals surface area contributed by atoms with E-state index in [1.807, 2.05) is 56.4 Å². The molecule has 0 saturated heterocycles. The van der Waals surface area contributed by atoms with Crippen molar-refractivity contribution in [3.05, 3.63) is 71.3 Å². The molecule has 1 amide bonds. The van der Waals surface area contributed by atoms with Crippen LogP contribution in [-0.2, 0) is 12.8 Å². The van der Waals surface area contributed by atoms with Crippen molar-refractivity contribution in [2.75, 3.05) is 13.6 Å². The molecule has 0 bridgehead atoms. The summed E-state index contributed by atoms with van der Waals surface area (Å²) in [6, 6.07) is 18.5. The van der Waals surface area contributed by atoms with Crippen LogP contribution in [0.4, 0.5) is 0 Å². The van der Waals surface area contributed by atoms with Crippen LogP contribution in [0, 0.1) is 0 Å². The van der Waals surface area contributed by atoms with Crippen LogP contribution in [-0.4, -0.2) is 25.5 Å². The highest BCUT2D eigenvalue weighted by Crippen LogP contribution is 2.12. The summed E-state index contributed by atoms with van der Waals surface area (Å²) in [6.45, 7) is 2.67. The van der Waals surface area contributed by atoms with E-state index in [4.69, 9.17) is 0 Å². The van der Waals surface area contributed by atoms with E-state index in [2.05, 4.69) is 22.8 Å². The topological polar surface area (TPSA) is 41.1 Å². The summed E-state index contributed by atoms with van der Waals surface area (Å²) in [4.78, 5) is 12.4. The van der Waals surface area contributed by atoms with Crippen molar-refractivity contribution in [2.45, 2.75) is 25.8 Å². The van der Waals surface area contributed by atoms with Crippen molar-refractivity contribution in [2.24, 2.45) is 0 Å². The lowest BCUT2D eigenvalue weighted by Gasteiger charge is -2.13. The van der Waals surface area contributed by atoms with E-state index in [-0.39, 0.29) is 24.4 Å². The maximum atomic E-state index is 12.4. The number of aryl methyl sites for hydroxylation is 2. The molecule has 4 heteroatoms. The number of benzene rings is 2. The van der Waals surface area contributed by atoms with Gasteiger partial charge >= 0.3 is 0 Å². The number of carbonyl (C=O) groups excluding carboxylic acids is 1. The molecule has 0 aliphatic carbocycles. The first-order valence-corrected chi connectivity index (χ1v) is 7.78. The Morgan fingerprint density at radius 1 is 1.00 bits per heavy atom. The quantitative estimate of drug-likeness (QED) is 0.817. The van der Waals surface area contributed by atoms with Crippen molar-refractivity contribution in [3.63, 3.8) is 0 Å². The zero-order valence-corrected chi connectivity index (χ0v) is 14.5. The average molecular weight is 333 g/mol. The van der Waals surface area contributed by atoms with Gasteiger partial charge in [-0.1, -0.05) is 48.5 Å². The largest absolute Gasteiger partial charge is 0.350 e. The minimum absolute atomic E-state index is 0. The predicted octanol–water partition coefficient (Wildman–Crippen LogP) is 3.23. The monoisotopic (exact) mass is 332 g/mol. The normalized spacial score (nSPS) is 11.4. The summed E-state index contributed by atoms with van der Waals surface area (Å²) in [5, 5.41) is 6.11. The molecule has 0 radical (unpaired) electrons. The minimum atomic E-state index is 0. The second-order valence-electron chi connectivity index (χ2n) is 5.54. The van der Waals surface area contributed by atoms with Crippen molar-refractivity contribution in [1.29, 1.82) is 0 Å². The molecule has 2 N–H and O–H groups in total. The van der Waals surface area contributed by atoms with Gasteiger partial charge in [0.05, 0.1) is 0 Å². The van der Waals surface area contributed by atoms with Gasteiger partial charge in [0.15, 0.2) is 0 Å². The molecule has 23 heavy (non-hydrogen) atoms. The van der Waals surface area contributed by atoms with E-state index in [9.17, 15) is 4.79 Å². The summed E-state index contributed by atoms with van der Waals surface area (Å²) < 4.78 is 0. The molecule has 0 aliphatic heterocycles. The highest BCUT2D eigenvalue weighted by atomic mass is 35.5. The molecule has 0 fully saturated rings. The van der Waals surface area contributed by atoms with Gasteiger partial charge in [0.2, 0.25) is 0 Å². The van der Waals surface area contributed by atoms with E-state index in [0.717, 1.165) is 24.0 Å². The molecule has 0 saturated carbocycles. The van der Waals surface area contributed by atoms with Gasteiger partial charge in [0.25, 0.3) is 5.91 Å². The zero-order chi connectivity index (χ0) is 15.8. The molecule has 2 aromatic rings. The Morgan fingerprint density at radius 3 is 2.35 bits per heavy atom. The molecular formula is C19H25ClN2O. The van der Waals surface area contributed by atoms with Crippen LogP contribution in [0.1, 0.15) is 28.4 Å². The third kappa shape index (κ3) is 6.05. The summed E-state index contributed by atoms with van der Waals surface area (Å²) in [5.74, 6) is 0.00533. The van der Waals surface area contributed by atoms with E-state index in [1.165, 1.54) is 5.56 Å². The number of carbonyl (C=O) groups is 1. The second-order valence-corrected chi connectivity index (χ2v) is 5.54. The Bertz CT molecular complexity index is 601. The van der Waals surface area contributed by atoms with E-state index >= 15 is 0 Å². The summed E-state index contributed by atoms with van der Waals surface area (Å²) in [6.07, 6.45) is 1.81. The number of hydrogen-bond donors (Lipinski definition) is 2. The fourth-order valence-corrected chi connectivity index (χ4v) is 2.33. The lowest BCUT2D eigenvalue weighted by atomic mass is 9.99. The molecule has 0 heterocycles. The SMILES string of the molecule is CNC(C)CNC(=O)c1ccccc1CCc1ccccc1.Cl. The van der Waals surface area contributed by atoms with Gasteiger partial charge in [0, 0.05) is 18.2 Å². The van der Waals surface area contributed by atoms with Crippen LogP contribution < -0.4 is 10.6 Å². The lowest BCUT2D eigenvalue weighted by molar-refractivity contribution is 0.0949. The van der Waals surface area contributed by atoms with Crippen LogP contribution >= 0.6 is 12.4 Å². The molecule has 0 aromatic heterocycles. The summed E-state index contributed by atoms with van der Waals surface area (Å²) in [7, 11) is 1.89. The zero-order valence-electron chi connectivity index (χ0n) is 13.7. The van der Waals surface area contributed by atoms with Crippen molar-refractivity contribution < 1.29 is 4.79 Å². The van der Waals surface area contributed by atoms with E-state index < -0.39 is 0 Å². The molecule has 2 aromatic carbocycles. The molecule has 0 spiro atoms. The Morgan fingerprint density at radius 2 is 1.65 bits per heavy atom. The molecular weight excluding hydrogens is 308 g/mol. The van der Waals surface area contributed by atoms with Crippen molar-refractivity contribution in [3.8, 4) is 0 Å². The number of rotatable bonds is 7. The number of amides is 1. The van der Waals surface area contributed by atoms with Gasteiger partial charge in [-0.25, -0.2) is 0 Å². The highest BCUT2D eigenvalue weighted by Gasteiger charge is 2.11. The van der Waals surface area contributed by atoms with Gasteiger partial charge in [-0.2, -0.15) is 0 Å². The number of likely N-dealkylation sites (N-methyl/N-ethyl adjacent to an activating group) is 1. The molecule has 1 unspecified atom stereocenters. The number of hydrogen-bond acceptors (Lipinski definition) is 2. The molecule has 2 rings (SSSR count). The maximum Gasteiger partial charge on any atom is 0.251 e. The van der Waals surface area contributed by atoms with E-state index in [1.54, 1.807) is 0 Å². The minimum Gasteiger partial charge on any atom is -0.350 e. The molecule has 1 atom stereocenters. The number of halogens is 1. The first-order valence-electron chi connectivity index (χ1n) is 7.78. The fraction of sp³-hybridized carbons (Fsp3) is 0.316. The van der Waals surface area contributed by atoms with Crippen LogP contribution in [0.15, 0.2) is 54.6 Å². The van der Waals surface area contributed by atoms with Gasteiger partial charge in [0.1, 0.15) is 0 Å². The summed E-state index contributed by atoms with van der Waals surface area (Å²) in [5.41, 5.74) is 3.17. The lowest BCUT2D eigenvalue weighted by Crippen LogP contribution is -2.37. The van der Waals surface area contributed by atoms with Crippen molar-refractivity contribution in [1.82, 2.24) is 10.6 Å². The Hall–Kier alpha value is -1.84. The Kier molecular flexibility index (Phi) is 8.38. The van der Waals surface area contributed by atoms with Crippen LogP contribution in [0.25, 0.3) is 0 Å². The smallest absolute Gasteiger partial charge is 0.251 e. The fourth-order valence-electron chi connectivity index (χ4n) is 2.33. The Labute approximate surface area is 144 Å². The van der Waals surface area contributed by atoms with Crippen molar-refractivity contribution >= 4 is 18.3 Å². The first kappa shape index (κ1) is 19.2. The highest BCUT2D eigenvalue weighted by molar-refractivity contribution is 5.95. The maximum absolute atomic E-state index is 12.4. The van der Waals surface area contributed by atoms with Gasteiger partial charge in [-0.05, 0) is 44.0 Å². The van der Waals surface area contributed by atoms with Gasteiger partial charge in [-0.15, -0.1) is 12.4 Å². The summed E-state index contributed by atoms with van der Waals surface area (Å²) >= 11 is 0. The van der Waals surface area contributed by atoms with Crippen LogP contribution in [0.5, 0.6) is 0 Å². The van der Waals surface area contributed by atoms with Crippen LogP contribution in [0.2, 0.25) is 0 Å². The van der Waals surface area contributed by atoms with Gasteiger partial charge < -0.3 is 10.6 Å². The van der Waals surface area contributed by atoms with Crippen LogP contribution in [0.3, 0.4) is 0 Å². The standard InChI is InChI=1S/C19H24N2O.ClH/c1-15(20-2)14-21-19(22)18-11-7-6-10-17(18)13-12-16-8-4-3-5-9-16;/h3-11,15,20H,12-14H2,1-2H3,(H,21,22);1H. The molecule has 3 nitrogen and oxygen atoms in total. The Balaban J connectivity index is 0.00000264. The first-order chi connectivity index (χ1) is 10.7. The van der Waals surface area contributed by atoms with E-state index in [0.29, 0.717) is 6.54 Å².